The summed E-state index contributed by atoms with van der Waals surface area (Å²) in [5, 5.41) is 9.48. The lowest BCUT2D eigenvalue weighted by Crippen LogP contribution is -2.42. The van der Waals surface area contributed by atoms with Gasteiger partial charge in [0.2, 0.25) is 0 Å². The summed E-state index contributed by atoms with van der Waals surface area (Å²) in [7, 11) is 1.64. The van der Waals surface area contributed by atoms with Crippen molar-refractivity contribution in [1.82, 2.24) is 16.0 Å². The van der Waals surface area contributed by atoms with Crippen molar-refractivity contribution in [2.24, 2.45) is 10.9 Å². The van der Waals surface area contributed by atoms with Gasteiger partial charge in [-0.2, -0.15) is 0 Å². The minimum atomic E-state index is -0.0877. The molecule has 2 aromatic rings. The number of aliphatic imine (C=N–C) groups is 1. The van der Waals surface area contributed by atoms with E-state index < -0.39 is 0 Å². The molecule has 1 aliphatic rings. The maximum Gasteiger partial charge on any atom is 0.251 e. The van der Waals surface area contributed by atoms with E-state index in [1.54, 1.807) is 7.05 Å². The SMILES string of the molecule is CCNC(=NCc1cccc(C(=O)NC)c1)NCC1CCCOC1c1ccc(C)cc1.I. The number of amides is 1. The third-order valence-corrected chi connectivity index (χ3v) is 5.56. The number of hydrogen-bond donors (Lipinski definition) is 3. The molecule has 1 heterocycles. The van der Waals surface area contributed by atoms with Crippen molar-refractivity contribution in [1.29, 1.82) is 0 Å². The summed E-state index contributed by atoms with van der Waals surface area (Å²) in [6, 6.07) is 16.2. The van der Waals surface area contributed by atoms with Crippen molar-refractivity contribution in [3.8, 4) is 0 Å². The highest BCUT2D eigenvalue weighted by Crippen LogP contribution is 2.33. The van der Waals surface area contributed by atoms with E-state index in [0.717, 1.165) is 44.1 Å². The zero-order chi connectivity index (χ0) is 22.1. The summed E-state index contributed by atoms with van der Waals surface area (Å²) >= 11 is 0. The second-order valence-corrected chi connectivity index (χ2v) is 7.96. The molecule has 1 aliphatic heterocycles. The van der Waals surface area contributed by atoms with Gasteiger partial charge in [0.25, 0.3) is 5.91 Å². The van der Waals surface area contributed by atoms with Crippen LogP contribution in [0.1, 0.15) is 52.9 Å². The Kier molecular flexibility index (Phi) is 11.0. The van der Waals surface area contributed by atoms with Gasteiger partial charge >= 0.3 is 0 Å². The Bertz CT molecular complexity index is 886. The second kappa shape index (κ2) is 13.4. The van der Waals surface area contributed by atoms with Crippen molar-refractivity contribution in [2.75, 3.05) is 26.7 Å². The summed E-state index contributed by atoms with van der Waals surface area (Å²) in [4.78, 5) is 16.6. The molecular weight excluding hydrogens is 515 g/mol. The minimum Gasteiger partial charge on any atom is -0.373 e. The number of carbonyl (C=O) groups is 1. The van der Waals surface area contributed by atoms with E-state index in [-0.39, 0.29) is 36.0 Å². The van der Waals surface area contributed by atoms with Gasteiger partial charge in [0, 0.05) is 38.2 Å². The highest BCUT2D eigenvalue weighted by molar-refractivity contribution is 14.0. The average molecular weight is 550 g/mol. The first-order valence-electron chi connectivity index (χ1n) is 11.1. The van der Waals surface area contributed by atoms with E-state index in [1.165, 1.54) is 11.1 Å². The Morgan fingerprint density at radius 3 is 2.66 bits per heavy atom. The Balaban J connectivity index is 0.00000363. The van der Waals surface area contributed by atoms with E-state index in [0.29, 0.717) is 18.0 Å². The quantitative estimate of drug-likeness (QED) is 0.275. The van der Waals surface area contributed by atoms with E-state index in [4.69, 9.17) is 9.73 Å². The molecule has 174 valence electrons. The fraction of sp³-hybridized carbons (Fsp3) is 0.440. The molecule has 2 aromatic carbocycles. The first-order chi connectivity index (χ1) is 15.1. The van der Waals surface area contributed by atoms with Crippen LogP contribution >= 0.6 is 24.0 Å². The zero-order valence-corrected chi connectivity index (χ0v) is 21.5. The average Bonchev–Trinajstić information content (AvgIpc) is 2.81. The smallest absolute Gasteiger partial charge is 0.251 e. The molecule has 1 saturated heterocycles. The van der Waals surface area contributed by atoms with Crippen molar-refractivity contribution >= 4 is 35.8 Å². The number of benzene rings is 2. The molecule has 0 saturated carbocycles. The van der Waals surface area contributed by atoms with Crippen LogP contribution in [0.2, 0.25) is 0 Å². The molecule has 7 heteroatoms. The lowest BCUT2D eigenvalue weighted by atomic mass is 9.89. The third kappa shape index (κ3) is 7.48. The molecule has 3 rings (SSSR count). The van der Waals surface area contributed by atoms with Gasteiger partial charge in [-0.15, -0.1) is 24.0 Å². The third-order valence-electron chi connectivity index (χ3n) is 5.56. The molecule has 32 heavy (non-hydrogen) atoms. The van der Waals surface area contributed by atoms with Gasteiger partial charge in [-0.1, -0.05) is 42.0 Å². The molecule has 0 aromatic heterocycles. The molecule has 0 bridgehead atoms. The summed E-state index contributed by atoms with van der Waals surface area (Å²) in [5.74, 6) is 1.08. The summed E-state index contributed by atoms with van der Waals surface area (Å²) in [6.07, 6.45) is 2.31. The molecule has 3 N–H and O–H groups in total. The van der Waals surface area contributed by atoms with E-state index >= 15 is 0 Å². The summed E-state index contributed by atoms with van der Waals surface area (Å²) < 4.78 is 6.15. The van der Waals surface area contributed by atoms with Gasteiger partial charge in [-0.25, -0.2) is 4.99 Å². The number of carbonyl (C=O) groups excluding carboxylic acids is 1. The fourth-order valence-corrected chi connectivity index (χ4v) is 3.87. The number of hydrogen-bond acceptors (Lipinski definition) is 3. The predicted octanol–water partition coefficient (Wildman–Crippen LogP) is 4.20. The van der Waals surface area contributed by atoms with Gasteiger partial charge in [0.15, 0.2) is 5.96 Å². The molecular formula is C25H35IN4O2. The molecule has 1 amide bonds. The number of aryl methyl sites for hydroxylation is 1. The van der Waals surface area contributed by atoms with Crippen LogP contribution in [0.15, 0.2) is 53.5 Å². The van der Waals surface area contributed by atoms with Crippen molar-refractivity contribution < 1.29 is 9.53 Å². The molecule has 2 unspecified atom stereocenters. The van der Waals surface area contributed by atoms with Crippen molar-refractivity contribution in [3.05, 3.63) is 70.8 Å². The largest absolute Gasteiger partial charge is 0.373 e. The summed E-state index contributed by atoms with van der Waals surface area (Å²) in [6.45, 7) is 7.05. The van der Waals surface area contributed by atoms with Gasteiger partial charge in [0.1, 0.15) is 0 Å². The van der Waals surface area contributed by atoms with Gasteiger partial charge in [0.05, 0.1) is 12.6 Å². The molecule has 1 fully saturated rings. The maximum absolute atomic E-state index is 11.9. The molecule has 2 atom stereocenters. The minimum absolute atomic E-state index is 0. The lowest BCUT2D eigenvalue weighted by Gasteiger charge is -2.32. The Hall–Kier alpha value is -2.13. The monoisotopic (exact) mass is 550 g/mol. The van der Waals surface area contributed by atoms with Gasteiger partial charge in [-0.3, -0.25) is 4.79 Å². The number of rotatable bonds is 7. The topological polar surface area (TPSA) is 74.8 Å². The first-order valence-corrected chi connectivity index (χ1v) is 11.1. The predicted molar refractivity (Wildman–Crippen MR) is 141 cm³/mol. The molecule has 0 aliphatic carbocycles. The van der Waals surface area contributed by atoms with Crippen LogP contribution in [-0.2, 0) is 11.3 Å². The van der Waals surface area contributed by atoms with Gasteiger partial charge in [-0.05, 0) is 49.9 Å². The number of guanidine groups is 1. The zero-order valence-electron chi connectivity index (χ0n) is 19.2. The van der Waals surface area contributed by atoms with Crippen LogP contribution in [0.4, 0.5) is 0 Å². The highest BCUT2D eigenvalue weighted by Gasteiger charge is 2.27. The number of nitrogens with zero attached hydrogens (tertiary/aromatic N) is 1. The van der Waals surface area contributed by atoms with Crippen LogP contribution < -0.4 is 16.0 Å². The number of halogens is 1. The van der Waals surface area contributed by atoms with Crippen molar-refractivity contribution in [2.45, 2.75) is 39.3 Å². The van der Waals surface area contributed by atoms with E-state index in [9.17, 15) is 4.79 Å². The fourth-order valence-electron chi connectivity index (χ4n) is 3.87. The summed E-state index contributed by atoms with van der Waals surface area (Å²) in [5.41, 5.74) is 4.15. The van der Waals surface area contributed by atoms with Gasteiger partial charge < -0.3 is 20.7 Å². The van der Waals surface area contributed by atoms with Crippen LogP contribution in [0.3, 0.4) is 0 Å². The Morgan fingerprint density at radius 1 is 1.16 bits per heavy atom. The van der Waals surface area contributed by atoms with Crippen molar-refractivity contribution in [3.63, 3.8) is 0 Å². The van der Waals surface area contributed by atoms with E-state index in [2.05, 4.69) is 54.1 Å². The first kappa shape index (κ1) is 26.1. The number of ether oxygens (including phenoxy) is 1. The highest BCUT2D eigenvalue weighted by atomic mass is 127. The Labute approximate surface area is 208 Å². The normalized spacial score (nSPS) is 18.4. The second-order valence-electron chi connectivity index (χ2n) is 7.96. The molecule has 0 spiro atoms. The number of nitrogens with one attached hydrogen (secondary N) is 3. The molecule has 0 radical (unpaired) electrons. The standard InChI is InChI=1S/C25H34N4O2.HI/c1-4-27-25(28-16-19-7-5-8-21(15-19)24(30)26-3)29-17-22-9-6-14-31-23(22)20-12-10-18(2)11-13-20;/h5,7-8,10-13,15,22-23H,4,6,9,14,16-17H2,1-3H3,(H,26,30)(H2,27,28,29);1H. The molecule has 6 nitrogen and oxygen atoms in total. The lowest BCUT2D eigenvalue weighted by molar-refractivity contribution is -0.0265. The van der Waals surface area contributed by atoms with Crippen LogP contribution in [-0.4, -0.2) is 38.6 Å². The van der Waals surface area contributed by atoms with Crippen LogP contribution in [0.25, 0.3) is 0 Å². The maximum atomic E-state index is 11.9. The van der Waals surface area contributed by atoms with Crippen LogP contribution in [0, 0.1) is 12.8 Å². The Morgan fingerprint density at radius 2 is 1.94 bits per heavy atom. The van der Waals surface area contributed by atoms with E-state index in [1.807, 2.05) is 24.3 Å². The van der Waals surface area contributed by atoms with Crippen LogP contribution in [0.5, 0.6) is 0 Å².